The van der Waals surface area contributed by atoms with E-state index in [1.807, 2.05) is 12.1 Å². The summed E-state index contributed by atoms with van der Waals surface area (Å²) < 4.78 is 0. The van der Waals surface area contributed by atoms with E-state index < -0.39 is 0 Å². The zero-order valence-electron chi connectivity index (χ0n) is 16.6. The molecule has 5 atom stereocenters. The number of carbonyl (C=O) groups is 1. The Labute approximate surface area is 163 Å². The number of aliphatic hydroxyl groups is 1. The molecule has 0 saturated heterocycles. The van der Waals surface area contributed by atoms with E-state index in [0.717, 1.165) is 44.9 Å². The van der Waals surface area contributed by atoms with Crippen molar-refractivity contribution in [1.82, 2.24) is 0 Å². The van der Waals surface area contributed by atoms with Crippen molar-refractivity contribution in [2.24, 2.45) is 23.2 Å². The zero-order valence-corrected chi connectivity index (χ0v) is 16.6. The lowest BCUT2D eigenvalue weighted by molar-refractivity contribution is -0.129. The van der Waals surface area contributed by atoms with Gasteiger partial charge in [-0.25, -0.2) is 0 Å². The first-order valence-corrected chi connectivity index (χ1v) is 11.0. The number of hydrogen-bond donors (Lipinski definition) is 2. The number of carbonyl (C=O) groups excluding carboxylic acids is 1. The molecule has 0 spiro atoms. The van der Waals surface area contributed by atoms with Crippen LogP contribution in [0.4, 0.5) is 0 Å². The van der Waals surface area contributed by atoms with Gasteiger partial charge < -0.3 is 10.2 Å². The van der Waals surface area contributed by atoms with Crippen molar-refractivity contribution in [2.75, 3.05) is 6.61 Å². The average Bonchev–Trinajstić information content (AvgIpc) is 2.91. The predicted octanol–water partition coefficient (Wildman–Crippen LogP) is 4.99. The van der Waals surface area contributed by atoms with Gasteiger partial charge in [0.15, 0.2) is 0 Å². The molecule has 0 unspecified atom stereocenters. The summed E-state index contributed by atoms with van der Waals surface area (Å²) in [6.45, 7) is 2.55. The number of phenols is 1. The predicted molar refractivity (Wildman–Crippen MR) is 107 cm³/mol. The summed E-state index contributed by atoms with van der Waals surface area (Å²) in [6, 6.07) is 5.94. The molecule has 0 amide bonds. The molecule has 3 heteroatoms. The van der Waals surface area contributed by atoms with Crippen LogP contribution in [0.3, 0.4) is 0 Å². The first-order chi connectivity index (χ1) is 13.0. The quantitative estimate of drug-likeness (QED) is 0.694. The maximum absolute atomic E-state index is 13.0. The summed E-state index contributed by atoms with van der Waals surface area (Å²) in [6.07, 6.45) is 10.7. The second-order valence-corrected chi connectivity index (χ2v) is 9.49. The fraction of sp³-hybridized carbons (Fsp3) is 0.708. The molecule has 0 heterocycles. The summed E-state index contributed by atoms with van der Waals surface area (Å²) in [7, 11) is 0. The molecule has 1 aromatic rings. The van der Waals surface area contributed by atoms with Crippen LogP contribution in [0.1, 0.15) is 81.8 Å². The summed E-state index contributed by atoms with van der Waals surface area (Å²) in [5, 5.41) is 18.8. The summed E-state index contributed by atoms with van der Waals surface area (Å²) in [4.78, 5) is 13.0. The van der Waals surface area contributed by atoms with Gasteiger partial charge in [0.2, 0.25) is 0 Å². The monoisotopic (exact) mass is 370 g/mol. The van der Waals surface area contributed by atoms with Gasteiger partial charge >= 0.3 is 0 Å². The van der Waals surface area contributed by atoms with E-state index in [1.165, 1.54) is 30.4 Å². The van der Waals surface area contributed by atoms with Crippen LogP contribution in [0.15, 0.2) is 18.2 Å². The van der Waals surface area contributed by atoms with Gasteiger partial charge in [-0.15, -0.1) is 0 Å². The second kappa shape index (κ2) is 7.58. The largest absolute Gasteiger partial charge is 0.508 e. The van der Waals surface area contributed by atoms with Crippen molar-refractivity contribution in [3.05, 3.63) is 29.3 Å². The molecule has 1 aromatic carbocycles. The van der Waals surface area contributed by atoms with Crippen LogP contribution in [-0.2, 0) is 11.2 Å². The van der Waals surface area contributed by atoms with Gasteiger partial charge in [-0.3, -0.25) is 4.79 Å². The smallest absolute Gasteiger partial charge is 0.139 e. The van der Waals surface area contributed by atoms with Crippen LogP contribution in [0.5, 0.6) is 5.75 Å². The molecule has 2 saturated carbocycles. The number of aryl methyl sites for hydroxylation is 1. The number of rotatable bonds is 6. The van der Waals surface area contributed by atoms with Crippen LogP contribution in [-0.4, -0.2) is 22.6 Å². The molecule has 27 heavy (non-hydrogen) atoms. The fourth-order valence-electron chi connectivity index (χ4n) is 6.77. The number of aromatic hydroxyl groups is 1. The number of Topliss-reactive ketones (excluding diaryl/α,β-unsaturated/α-hetero) is 1. The Hall–Kier alpha value is -1.35. The Balaban J connectivity index is 1.53. The Morgan fingerprint density at radius 3 is 2.78 bits per heavy atom. The molecule has 3 aliphatic carbocycles. The summed E-state index contributed by atoms with van der Waals surface area (Å²) in [5.41, 5.74) is 2.66. The van der Waals surface area contributed by atoms with Crippen LogP contribution in [0.2, 0.25) is 0 Å². The van der Waals surface area contributed by atoms with Crippen LogP contribution in [0, 0.1) is 23.2 Å². The Morgan fingerprint density at radius 2 is 1.96 bits per heavy atom. The van der Waals surface area contributed by atoms with E-state index in [4.69, 9.17) is 5.11 Å². The number of benzene rings is 1. The van der Waals surface area contributed by atoms with E-state index in [9.17, 15) is 9.90 Å². The van der Waals surface area contributed by atoms with Gasteiger partial charge in [0.05, 0.1) is 0 Å². The highest BCUT2D eigenvalue weighted by Crippen LogP contribution is 2.62. The molecular formula is C24H34O3. The first kappa shape index (κ1) is 19.0. The molecule has 148 valence electrons. The van der Waals surface area contributed by atoms with Crippen molar-refractivity contribution in [3.63, 3.8) is 0 Å². The zero-order chi connectivity index (χ0) is 19.0. The number of ketones is 1. The van der Waals surface area contributed by atoms with Crippen molar-refractivity contribution in [2.45, 2.75) is 77.0 Å². The fourth-order valence-corrected chi connectivity index (χ4v) is 6.77. The van der Waals surface area contributed by atoms with E-state index in [-0.39, 0.29) is 5.41 Å². The molecule has 0 radical (unpaired) electrons. The van der Waals surface area contributed by atoms with Crippen molar-refractivity contribution in [3.8, 4) is 5.75 Å². The van der Waals surface area contributed by atoms with E-state index in [1.54, 1.807) is 0 Å². The van der Waals surface area contributed by atoms with Crippen molar-refractivity contribution in [1.29, 1.82) is 0 Å². The van der Waals surface area contributed by atoms with Crippen LogP contribution < -0.4 is 0 Å². The van der Waals surface area contributed by atoms with E-state index in [2.05, 4.69) is 13.0 Å². The van der Waals surface area contributed by atoms with Gasteiger partial charge in [0.1, 0.15) is 11.5 Å². The molecule has 3 aliphatic rings. The maximum atomic E-state index is 13.0. The maximum Gasteiger partial charge on any atom is 0.139 e. The number of phenolic OH excluding ortho intramolecular Hbond substituents is 1. The number of fused-ring (bicyclic) bond motifs is 5. The lowest BCUT2D eigenvalue weighted by Gasteiger charge is -2.50. The number of unbranched alkanes of at least 4 members (excludes halogenated alkanes) is 3. The van der Waals surface area contributed by atoms with Gasteiger partial charge in [-0.05, 0) is 85.5 Å². The minimum Gasteiger partial charge on any atom is -0.508 e. The summed E-state index contributed by atoms with van der Waals surface area (Å²) >= 11 is 0. The second-order valence-electron chi connectivity index (χ2n) is 9.49. The van der Waals surface area contributed by atoms with Crippen molar-refractivity contribution >= 4 is 5.78 Å². The number of aliphatic hydroxyl groups excluding tert-OH is 1. The van der Waals surface area contributed by atoms with E-state index >= 15 is 0 Å². The molecular weight excluding hydrogens is 336 g/mol. The molecule has 2 N–H and O–H groups in total. The minimum absolute atomic E-state index is 0.106. The normalized spacial score (nSPS) is 34.8. The van der Waals surface area contributed by atoms with Gasteiger partial charge in [-0.1, -0.05) is 32.3 Å². The molecule has 4 rings (SSSR count). The molecule has 2 fully saturated rings. The molecule has 0 aromatic heterocycles. The molecule has 0 aliphatic heterocycles. The minimum atomic E-state index is -0.106. The van der Waals surface area contributed by atoms with E-state index in [0.29, 0.717) is 41.8 Å². The highest BCUT2D eigenvalue weighted by atomic mass is 16.3. The lowest BCUT2D eigenvalue weighted by Crippen LogP contribution is -2.44. The Kier molecular flexibility index (Phi) is 5.33. The first-order valence-electron chi connectivity index (χ1n) is 11.0. The topological polar surface area (TPSA) is 57.5 Å². The van der Waals surface area contributed by atoms with Gasteiger partial charge in [-0.2, -0.15) is 0 Å². The third kappa shape index (κ3) is 3.33. The lowest BCUT2D eigenvalue weighted by atomic mass is 9.54. The standard InChI is InChI=1S/C24H34O3/c1-24-12-11-20-19-10-8-18(26)14-16(19)7-9-21(20)23(24)17(15-22(24)27)6-4-2-3-5-13-25/h8,10,14,17,20-21,23,25-26H,2-7,9,11-13,15H2,1H3/t17-,20-,21-,23+,24-/m1/s1. The average molecular weight is 371 g/mol. The van der Waals surface area contributed by atoms with Crippen LogP contribution >= 0.6 is 0 Å². The highest BCUT2D eigenvalue weighted by Gasteiger charge is 2.58. The molecule has 3 nitrogen and oxygen atoms in total. The van der Waals surface area contributed by atoms with Gasteiger partial charge in [0.25, 0.3) is 0 Å². The highest BCUT2D eigenvalue weighted by molar-refractivity contribution is 5.87. The third-order valence-electron chi connectivity index (χ3n) is 8.04. The van der Waals surface area contributed by atoms with Crippen LogP contribution in [0.25, 0.3) is 0 Å². The SMILES string of the molecule is C[C@]12CC[C@@H]3c4ccc(O)cc4CC[C@H]3[C@@H]1[C@H](CCCCCCO)CC2=O. The molecule has 0 bridgehead atoms. The Bertz CT molecular complexity index is 697. The van der Waals surface area contributed by atoms with Crippen molar-refractivity contribution < 1.29 is 15.0 Å². The third-order valence-corrected chi connectivity index (χ3v) is 8.04. The summed E-state index contributed by atoms with van der Waals surface area (Å²) in [5.74, 6) is 3.16. The Morgan fingerprint density at radius 1 is 1.15 bits per heavy atom. The van der Waals surface area contributed by atoms with Gasteiger partial charge in [0, 0.05) is 18.4 Å². The number of hydrogen-bond acceptors (Lipinski definition) is 3.